The van der Waals surface area contributed by atoms with Crippen molar-refractivity contribution in [1.29, 1.82) is 0 Å². The van der Waals surface area contributed by atoms with Crippen LogP contribution < -0.4 is 5.32 Å². The van der Waals surface area contributed by atoms with Crippen LogP contribution in [0.5, 0.6) is 0 Å². The Morgan fingerprint density at radius 2 is 2.33 bits per heavy atom. The van der Waals surface area contributed by atoms with E-state index in [1.54, 1.807) is 13.2 Å². The standard InChI is InChI=1S/C9H12FNO/c1-12-6-5-11-9-4-2-3-8(10)7-9/h2-4,7,11H,5-6H2,1H3. The summed E-state index contributed by atoms with van der Waals surface area (Å²) in [6.45, 7) is 1.32. The molecule has 0 heterocycles. The number of hydrogen-bond acceptors (Lipinski definition) is 2. The second-order valence-electron chi connectivity index (χ2n) is 2.43. The van der Waals surface area contributed by atoms with Crippen molar-refractivity contribution in [2.75, 3.05) is 25.6 Å². The summed E-state index contributed by atoms with van der Waals surface area (Å²) < 4.78 is 17.4. The molecule has 0 unspecified atom stereocenters. The van der Waals surface area contributed by atoms with Crippen molar-refractivity contribution in [3.8, 4) is 0 Å². The van der Waals surface area contributed by atoms with Crippen LogP contribution in [0.4, 0.5) is 10.1 Å². The van der Waals surface area contributed by atoms with Crippen molar-refractivity contribution < 1.29 is 9.13 Å². The molecule has 0 fully saturated rings. The lowest BCUT2D eigenvalue weighted by Gasteiger charge is -2.04. The van der Waals surface area contributed by atoms with E-state index in [2.05, 4.69) is 5.32 Å². The summed E-state index contributed by atoms with van der Waals surface area (Å²) in [5.74, 6) is -0.225. The first-order valence-electron chi connectivity index (χ1n) is 3.81. The van der Waals surface area contributed by atoms with E-state index in [1.165, 1.54) is 12.1 Å². The lowest BCUT2D eigenvalue weighted by Crippen LogP contribution is -2.07. The van der Waals surface area contributed by atoms with Crippen LogP contribution in [-0.4, -0.2) is 20.3 Å². The molecule has 0 aromatic heterocycles. The second-order valence-corrected chi connectivity index (χ2v) is 2.43. The molecule has 0 atom stereocenters. The first kappa shape index (κ1) is 9.00. The molecule has 0 saturated carbocycles. The SMILES string of the molecule is COCCNc1cccc(F)c1. The zero-order chi connectivity index (χ0) is 8.81. The lowest BCUT2D eigenvalue weighted by atomic mass is 10.3. The van der Waals surface area contributed by atoms with Gasteiger partial charge >= 0.3 is 0 Å². The smallest absolute Gasteiger partial charge is 0.125 e. The predicted molar refractivity (Wildman–Crippen MR) is 46.8 cm³/mol. The zero-order valence-electron chi connectivity index (χ0n) is 7.01. The number of anilines is 1. The molecule has 12 heavy (non-hydrogen) atoms. The molecule has 0 bridgehead atoms. The van der Waals surface area contributed by atoms with E-state index in [0.29, 0.717) is 13.2 Å². The topological polar surface area (TPSA) is 21.3 Å². The van der Waals surface area contributed by atoms with Crippen molar-refractivity contribution >= 4 is 5.69 Å². The van der Waals surface area contributed by atoms with E-state index in [-0.39, 0.29) is 5.82 Å². The normalized spacial score (nSPS) is 9.83. The summed E-state index contributed by atoms with van der Waals surface area (Å²) in [7, 11) is 1.63. The minimum atomic E-state index is -0.225. The predicted octanol–water partition coefficient (Wildman–Crippen LogP) is 1.88. The van der Waals surface area contributed by atoms with E-state index in [9.17, 15) is 4.39 Å². The minimum absolute atomic E-state index is 0.225. The number of methoxy groups -OCH3 is 1. The van der Waals surface area contributed by atoms with Crippen LogP contribution in [0.2, 0.25) is 0 Å². The Labute approximate surface area is 71.4 Å². The van der Waals surface area contributed by atoms with Gasteiger partial charge in [-0.05, 0) is 18.2 Å². The highest BCUT2D eigenvalue weighted by molar-refractivity contribution is 5.42. The van der Waals surface area contributed by atoms with Gasteiger partial charge in [-0.25, -0.2) is 4.39 Å². The van der Waals surface area contributed by atoms with Crippen LogP contribution in [0, 0.1) is 5.82 Å². The number of rotatable bonds is 4. The van der Waals surface area contributed by atoms with Gasteiger partial charge in [-0.2, -0.15) is 0 Å². The third kappa shape index (κ3) is 2.88. The van der Waals surface area contributed by atoms with Gasteiger partial charge in [-0.1, -0.05) is 6.07 Å². The molecule has 0 aliphatic rings. The van der Waals surface area contributed by atoms with Gasteiger partial charge in [0.1, 0.15) is 5.82 Å². The fraction of sp³-hybridized carbons (Fsp3) is 0.333. The second kappa shape index (κ2) is 4.72. The third-order valence-corrected chi connectivity index (χ3v) is 1.46. The number of halogens is 1. The molecule has 1 aromatic rings. The molecule has 0 saturated heterocycles. The van der Waals surface area contributed by atoms with Gasteiger partial charge < -0.3 is 10.1 Å². The average Bonchev–Trinajstić information content (AvgIpc) is 2.05. The molecular weight excluding hydrogens is 157 g/mol. The Morgan fingerprint density at radius 1 is 1.50 bits per heavy atom. The van der Waals surface area contributed by atoms with Gasteiger partial charge in [-0.3, -0.25) is 0 Å². The molecule has 0 amide bonds. The highest BCUT2D eigenvalue weighted by Gasteiger charge is 1.92. The van der Waals surface area contributed by atoms with E-state index < -0.39 is 0 Å². The maximum absolute atomic E-state index is 12.6. The molecule has 3 heteroatoms. The maximum Gasteiger partial charge on any atom is 0.125 e. The Hall–Kier alpha value is -1.09. The van der Waals surface area contributed by atoms with E-state index in [0.717, 1.165) is 5.69 Å². The highest BCUT2D eigenvalue weighted by Crippen LogP contribution is 2.07. The largest absolute Gasteiger partial charge is 0.383 e. The zero-order valence-corrected chi connectivity index (χ0v) is 7.01. The molecule has 2 nitrogen and oxygen atoms in total. The Kier molecular flexibility index (Phi) is 3.54. The van der Waals surface area contributed by atoms with Gasteiger partial charge in [-0.15, -0.1) is 0 Å². The summed E-state index contributed by atoms with van der Waals surface area (Å²) in [5.41, 5.74) is 0.784. The van der Waals surface area contributed by atoms with Crippen LogP contribution in [0.25, 0.3) is 0 Å². The van der Waals surface area contributed by atoms with E-state index in [1.807, 2.05) is 6.07 Å². The van der Waals surface area contributed by atoms with Crippen LogP contribution in [0.1, 0.15) is 0 Å². The fourth-order valence-electron chi connectivity index (χ4n) is 0.896. The molecule has 1 rings (SSSR count). The van der Waals surface area contributed by atoms with Crippen molar-refractivity contribution in [2.24, 2.45) is 0 Å². The lowest BCUT2D eigenvalue weighted by molar-refractivity contribution is 0.211. The Bertz CT molecular complexity index is 240. The first-order valence-corrected chi connectivity index (χ1v) is 3.81. The number of ether oxygens (including phenoxy) is 1. The van der Waals surface area contributed by atoms with E-state index >= 15 is 0 Å². The van der Waals surface area contributed by atoms with Gasteiger partial charge in [0, 0.05) is 19.3 Å². The monoisotopic (exact) mass is 169 g/mol. The minimum Gasteiger partial charge on any atom is -0.383 e. The molecule has 1 N–H and O–H groups in total. The molecular formula is C9H12FNO. The van der Waals surface area contributed by atoms with Crippen molar-refractivity contribution in [3.63, 3.8) is 0 Å². The first-order chi connectivity index (χ1) is 5.83. The van der Waals surface area contributed by atoms with Crippen molar-refractivity contribution in [2.45, 2.75) is 0 Å². The quantitative estimate of drug-likeness (QED) is 0.695. The summed E-state index contributed by atoms with van der Waals surface area (Å²) in [6.07, 6.45) is 0. The molecule has 0 aliphatic heterocycles. The molecule has 0 aliphatic carbocycles. The average molecular weight is 169 g/mol. The Balaban J connectivity index is 2.41. The van der Waals surface area contributed by atoms with Crippen molar-refractivity contribution in [1.82, 2.24) is 0 Å². The van der Waals surface area contributed by atoms with Gasteiger partial charge in [0.2, 0.25) is 0 Å². The van der Waals surface area contributed by atoms with Crippen LogP contribution in [0.15, 0.2) is 24.3 Å². The van der Waals surface area contributed by atoms with Gasteiger partial charge in [0.05, 0.1) is 6.61 Å². The van der Waals surface area contributed by atoms with E-state index in [4.69, 9.17) is 4.74 Å². The summed E-state index contributed by atoms with van der Waals surface area (Å²) >= 11 is 0. The maximum atomic E-state index is 12.6. The van der Waals surface area contributed by atoms with Gasteiger partial charge in [0.25, 0.3) is 0 Å². The number of hydrogen-bond donors (Lipinski definition) is 1. The molecule has 0 spiro atoms. The van der Waals surface area contributed by atoms with Gasteiger partial charge in [0.15, 0.2) is 0 Å². The summed E-state index contributed by atoms with van der Waals surface area (Å²) in [4.78, 5) is 0. The molecule has 66 valence electrons. The summed E-state index contributed by atoms with van der Waals surface area (Å²) in [6, 6.07) is 6.36. The fourth-order valence-corrected chi connectivity index (χ4v) is 0.896. The number of benzene rings is 1. The number of nitrogens with one attached hydrogen (secondary N) is 1. The van der Waals surface area contributed by atoms with Crippen LogP contribution in [-0.2, 0) is 4.74 Å². The van der Waals surface area contributed by atoms with Crippen LogP contribution in [0.3, 0.4) is 0 Å². The highest BCUT2D eigenvalue weighted by atomic mass is 19.1. The summed E-state index contributed by atoms with van der Waals surface area (Å²) in [5, 5.41) is 3.02. The third-order valence-electron chi connectivity index (χ3n) is 1.46. The molecule has 0 radical (unpaired) electrons. The molecule has 1 aromatic carbocycles. The van der Waals surface area contributed by atoms with Crippen LogP contribution >= 0.6 is 0 Å². The Morgan fingerprint density at radius 3 is 3.00 bits per heavy atom. The van der Waals surface area contributed by atoms with Crippen molar-refractivity contribution in [3.05, 3.63) is 30.1 Å².